The summed E-state index contributed by atoms with van der Waals surface area (Å²) in [5, 5.41) is 13.2. The summed E-state index contributed by atoms with van der Waals surface area (Å²) in [6.45, 7) is 6.54. The normalized spacial score (nSPS) is 11.9. The van der Waals surface area contributed by atoms with Crippen molar-refractivity contribution in [2.24, 2.45) is 4.99 Å². The Morgan fingerprint density at radius 1 is 1.28 bits per heavy atom. The Morgan fingerprint density at radius 2 is 2.08 bits per heavy atom. The van der Waals surface area contributed by atoms with Crippen LogP contribution in [0.3, 0.4) is 0 Å². The second-order valence-electron chi connectivity index (χ2n) is 6.55. The maximum atomic E-state index is 11.9. The van der Waals surface area contributed by atoms with E-state index in [-0.39, 0.29) is 18.0 Å². The first kappa shape index (κ1) is 18.4. The predicted molar refractivity (Wildman–Crippen MR) is 97.5 cm³/mol. The van der Waals surface area contributed by atoms with Crippen LogP contribution in [-0.4, -0.2) is 45.8 Å². The number of nitrogens with zero attached hydrogens (tertiary/aromatic N) is 4. The Kier molecular flexibility index (Phi) is 6.10. The van der Waals surface area contributed by atoms with E-state index in [1.807, 2.05) is 45.2 Å². The molecule has 2 rings (SSSR count). The van der Waals surface area contributed by atoms with Crippen molar-refractivity contribution in [1.82, 2.24) is 30.7 Å². The number of carbonyl (C=O) groups is 1. The van der Waals surface area contributed by atoms with Gasteiger partial charge in [-0.3, -0.25) is 9.79 Å². The molecule has 0 spiro atoms. The van der Waals surface area contributed by atoms with Crippen molar-refractivity contribution in [1.29, 1.82) is 0 Å². The van der Waals surface area contributed by atoms with E-state index in [0.29, 0.717) is 12.5 Å². The van der Waals surface area contributed by atoms with Crippen LogP contribution in [0.1, 0.15) is 26.3 Å². The van der Waals surface area contributed by atoms with Crippen molar-refractivity contribution in [2.45, 2.75) is 32.9 Å². The molecule has 3 N–H and O–H groups in total. The topological polar surface area (TPSA) is 96.2 Å². The molecule has 8 nitrogen and oxygen atoms in total. The number of pyridine rings is 1. The number of hydrogen-bond donors (Lipinski definition) is 3. The van der Waals surface area contributed by atoms with Gasteiger partial charge in [-0.25, -0.2) is 9.67 Å². The van der Waals surface area contributed by atoms with E-state index in [4.69, 9.17) is 0 Å². The van der Waals surface area contributed by atoms with Crippen LogP contribution in [0.25, 0.3) is 5.82 Å². The lowest BCUT2D eigenvalue weighted by Crippen LogP contribution is -2.48. The SMILES string of the molecule is CN=C(NCC(=O)NC(C)(C)C)NCc1ccnc(-n2cccn2)c1. The molecule has 0 bridgehead atoms. The largest absolute Gasteiger partial charge is 0.352 e. The van der Waals surface area contributed by atoms with Gasteiger partial charge in [-0.2, -0.15) is 5.10 Å². The fourth-order valence-corrected chi connectivity index (χ4v) is 2.13. The van der Waals surface area contributed by atoms with E-state index in [0.717, 1.165) is 11.4 Å². The van der Waals surface area contributed by atoms with Gasteiger partial charge in [0.15, 0.2) is 11.8 Å². The van der Waals surface area contributed by atoms with E-state index in [2.05, 4.69) is 31.0 Å². The molecule has 0 fully saturated rings. The molecule has 134 valence electrons. The molecule has 0 aromatic carbocycles. The van der Waals surface area contributed by atoms with Gasteiger partial charge in [-0.15, -0.1) is 0 Å². The number of carbonyl (C=O) groups excluding carboxylic acids is 1. The lowest BCUT2D eigenvalue weighted by molar-refractivity contribution is -0.121. The molecule has 0 saturated carbocycles. The van der Waals surface area contributed by atoms with Gasteiger partial charge >= 0.3 is 0 Å². The van der Waals surface area contributed by atoms with Crippen LogP contribution in [0.5, 0.6) is 0 Å². The van der Waals surface area contributed by atoms with Crippen LogP contribution in [0.15, 0.2) is 41.8 Å². The number of aromatic nitrogens is 3. The minimum absolute atomic E-state index is 0.0830. The molecule has 0 aliphatic rings. The first-order chi connectivity index (χ1) is 11.9. The molecule has 0 unspecified atom stereocenters. The van der Waals surface area contributed by atoms with Crippen molar-refractivity contribution in [3.05, 3.63) is 42.4 Å². The number of nitrogens with one attached hydrogen (secondary N) is 3. The Labute approximate surface area is 147 Å². The van der Waals surface area contributed by atoms with Gasteiger partial charge in [-0.05, 0) is 44.5 Å². The molecule has 1 amide bonds. The standard InChI is InChI=1S/C17H25N7O/c1-17(2,3)23-15(25)12-21-16(18-4)20-11-13-6-8-19-14(10-13)24-9-5-7-22-24/h5-10H,11-12H2,1-4H3,(H,23,25)(H2,18,20,21). The maximum absolute atomic E-state index is 11.9. The molecule has 0 aliphatic heterocycles. The average molecular weight is 343 g/mol. The summed E-state index contributed by atoms with van der Waals surface area (Å²) in [6, 6.07) is 5.71. The van der Waals surface area contributed by atoms with E-state index in [9.17, 15) is 4.79 Å². The second kappa shape index (κ2) is 8.27. The molecule has 8 heteroatoms. The van der Waals surface area contributed by atoms with Gasteiger partial charge in [0, 0.05) is 37.7 Å². The predicted octanol–water partition coefficient (Wildman–Crippen LogP) is 0.847. The van der Waals surface area contributed by atoms with Crippen LogP contribution < -0.4 is 16.0 Å². The number of guanidine groups is 1. The lowest BCUT2D eigenvalue weighted by Gasteiger charge is -2.21. The van der Waals surface area contributed by atoms with E-state index < -0.39 is 0 Å². The summed E-state index contributed by atoms with van der Waals surface area (Å²) < 4.78 is 1.70. The quantitative estimate of drug-likeness (QED) is 0.552. The first-order valence-corrected chi connectivity index (χ1v) is 8.08. The fourth-order valence-electron chi connectivity index (χ4n) is 2.13. The summed E-state index contributed by atoms with van der Waals surface area (Å²) >= 11 is 0. The van der Waals surface area contributed by atoms with Gasteiger partial charge in [-0.1, -0.05) is 0 Å². The Hall–Kier alpha value is -2.90. The minimum atomic E-state index is -0.254. The average Bonchev–Trinajstić information content (AvgIpc) is 3.08. The molecular formula is C17H25N7O. The summed E-state index contributed by atoms with van der Waals surface area (Å²) in [5.41, 5.74) is 0.776. The second-order valence-corrected chi connectivity index (χ2v) is 6.55. The monoisotopic (exact) mass is 343 g/mol. The minimum Gasteiger partial charge on any atom is -0.352 e. The van der Waals surface area contributed by atoms with Crippen molar-refractivity contribution < 1.29 is 4.79 Å². The van der Waals surface area contributed by atoms with Gasteiger partial charge in [0.05, 0.1) is 6.54 Å². The number of hydrogen-bond acceptors (Lipinski definition) is 4. The molecule has 0 aliphatic carbocycles. The smallest absolute Gasteiger partial charge is 0.239 e. The zero-order chi connectivity index (χ0) is 18.3. The molecular weight excluding hydrogens is 318 g/mol. The summed E-state index contributed by atoms with van der Waals surface area (Å²) in [4.78, 5) is 20.3. The van der Waals surface area contributed by atoms with Gasteiger partial charge in [0.1, 0.15) is 0 Å². The van der Waals surface area contributed by atoms with Crippen LogP contribution in [0.4, 0.5) is 0 Å². The molecule has 0 radical (unpaired) electrons. The third-order valence-electron chi connectivity index (χ3n) is 3.16. The highest BCUT2D eigenvalue weighted by Gasteiger charge is 2.13. The Bertz CT molecular complexity index is 717. The van der Waals surface area contributed by atoms with E-state index >= 15 is 0 Å². The van der Waals surface area contributed by atoms with Crippen molar-refractivity contribution in [2.75, 3.05) is 13.6 Å². The Balaban J connectivity index is 1.87. The molecule has 2 heterocycles. The van der Waals surface area contributed by atoms with Crippen LogP contribution in [-0.2, 0) is 11.3 Å². The van der Waals surface area contributed by atoms with Gasteiger partial charge in [0.25, 0.3) is 0 Å². The van der Waals surface area contributed by atoms with Gasteiger partial charge < -0.3 is 16.0 Å². The zero-order valence-corrected chi connectivity index (χ0v) is 15.1. The van der Waals surface area contributed by atoms with Crippen molar-refractivity contribution in [3.8, 4) is 5.82 Å². The third-order valence-corrected chi connectivity index (χ3v) is 3.16. The van der Waals surface area contributed by atoms with E-state index in [1.54, 1.807) is 24.1 Å². The number of amides is 1. The molecule has 25 heavy (non-hydrogen) atoms. The maximum Gasteiger partial charge on any atom is 0.239 e. The summed E-state index contributed by atoms with van der Waals surface area (Å²) in [6.07, 6.45) is 5.29. The van der Waals surface area contributed by atoms with Crippen molar-refractivity contribution in [3.63, 3.8) is 0 Å². The van der Waals surface area contributed by atoms with E-state index in [1.165, 1.54) is 0 Å². The lowest BCUT2D eigenvalue weighted by atomic mass is 10.1. The first-order valence-electron chi connectivity index (χ1n) is 8.08. The summed E-state index contributed by atoms with van der Waals surface area (Å²) in [7, 11) is 1.67. The highest BCUT2D eigenvalue weighted by atomic mass is 16.2. The van der Waals surface area contributed by atoms with Crippen LogP contribution in [0, 0.1) is 0 Å². The number of aliphatic imine (C=N–C) groups is 1. The molecule has 2 aromatic rings. The molecule has 0 atom stereocenters. The molecule has 0 saturated heterocycles. The third kappa shape index (κ3) is 6.25. The highest BCUT2D eigenvalue weighted by molar-refractivity contribution is 5.86. The van der Waals surface area contributed by atoms with Crippen molar-refractivity contribution >= 4 is 11.9 Å². The molecule has 2 aromatic heterocycles. The summed E-state index contributed by atoms with van der Waals surface area (Å²) in [5.74, 6) is 1.22. The highest BCUT2D eigenvalue weighted by Crippen LogP contribution is 2.05. The van der Waals surface area contributed by atoms with Crippen LogP contribution >= 0.6 is 0 Å². The Morgan fingerprint density at radius 3 is 2.72 bits per heavy atom. The fraction of sp³-hybridized carbons (Fsp3) is 0.412. The zero-order valence-electron chi connectivity index (χ0n) is 15.1. The van der Waals surface area contributed by atoms with Gasteiger partial charge in [0.2, 0.25) is 5.91 Å². The number of rotatable bonds is 5. The van der Waals surface area contributed by atoms with Crippen LogP contribution in [0.2, 0.25) is 0 Å².